The van der Waals surface area contributed by atoms with Crippen molar-refractivity contribution >= 4 is 32.6 Å². The molecule has 4 rings (SSSR count). The molecule has 6 heteroatoms. The molecule has 0 amide bonds. The zero-order chi connectivity index (χ0) is 16.7. The lowest BCUT2D eigenvalue weighted by Crippen LogP contribution is -2.32. The van der Waals surface area contributed by atoms with Crippen LogP contribution in [0.25, 0.3) is 21.3 Å². The highest BCUT2D eigenvalue weighted by Gasteiger charge is 2.33. The summed E-state index contributed by atoms with van der Waals surface area (Å²) in [6.45, 7) is 2.07. The van der Waals surface area contributed by atoms with Crippen molar-refractivity contribution in [3.63, 3.8) is 0 Å². The second-order valence-corrected chi connectivity index (χ2v) is 7.44. The molecule has 0 saturated heterocycles. The van der Waals surface area contributed by atoms with Crippen LogP contribution < -0.4 is 0 Å². The molecule has 0 aliphatic heterocycles. The number of pyridine rings is 1. The lowest BCUT2D eigenvalue weighted by molar-refractivity contribution is 0.00917. The zero-order valence-corrected chi connectivity index (χ0v) is 14.7. The number of nitrogens with zero attached hydrogens (tertiary/aromatic N) is 4. The van der Waals surface area contributed by atoms with Gasteiger partial charge in [-0.15, -0.1) is 11.3 Å². The molecule has 5 nitrogen and oxygen atoms in total. The molecule has 0 aromatic carbocycles. The number of ether oxygens (including phenoxy) is 1. The van der Waals surface area contributed by atoms with Crippen LogP contribution in [0, 0.1) is 24.2 Å². The summed E-state index contributed by atoms with van der Waals surface area (Å²) in [5, 5.41) is 11.1. The van der Waals surface area contributed by atoms with Gasteiger partial charge in [0.2, 0.25) is 0 Å². The molecule has 1 aliphatic rings. The Balaban J connectivity index is 1.78. The highest BCUT2D eigenvalue weighted by Crippen LogP contribution is 2.39. The number of rotatable bonds is 3. The van der Waals surface area contributed by atoms with E-state index in [-0.39, 0.29) is 6.10 Å². The van der Waals surface area contributed by atoms with Crippen LogP contribution in [0.5, 0.6) is 0 Å². The average Bonchev–Trinajstić information content (AvgIpc) is 3.18. The smallest absolute Gasteiger partial charge is 0.109 e. The third-order valence-electron chi connectivity index (χ3n) is 5.22. The minimum absolute atomic E-state index is 0.140. The Morgan fingerprint density at radius 2 is 2.29 bits per heavy atom. The van der Waals surface area contributed by atoms with Crippen LogP contribution >= 0.6 is 11.3 Å². The fraction of sp³-hybridized carbons (Fsp3) is 0.500. The first-order valence-corrected chi connectivity index (χ1v) is 9.21. The molecule has 0 radical (unpaired) electrons. The van der Waals surface area contributed by atoms with E-state index in [4.69, 9.17) is 15.0 Å². The number of nitriles is 1. The molecule has 0 unspecified atom stereocenters. The van der Waals surface area contributed by atoms with Gasteiger partial charge in [0.05, 0.1) is 34.1 Å². The van der Waals surface area contributed by atoms with Gasteiger partial charge < -0.3 is 9.30 Å². The Morgan fingerprint density at radius 3 is 3.08 bits per heavy atom. The van der Waals surface area contributed by atoms with Gasteiger partial charge in [0.15, 0.2) is 0 Å². The monoisotopic (exact) mass is 340 g/mol. The number of hydrogen-bond donors (Lipinski definition) is 0. The maximum Gasteiger partial charge on any atom is 0.109 e. The van der Waals surface area contributed by atoms with Crippen molar-refractivity contribution in [1.29, 1.82) is 5.26 Å². The van der Waals surface area contributed by atoms with E-state index in [0.29, 0.717) is 18.4 Å². The quantitative estimate of drug-likeness (QED) is 0.716. The normalized spacial score (nSPS) is 24.5. The second kappa shape index (κ2) is 6.15. The Kier molecular flexibility index (Phi) is 3.99. The minimum atomic E-state index is 0.140. The van der Waals surface area contributed by atoms with Crippen LogP contribution in [0.3, 0.4) is 0 Å². The molecule has 24 heavy (non-hydrogen) atoms. The SMILES string of the molecule is CO[C@@H]1C[C@@H](n2c(C)nc3cnc4ccsc4c32)CC[C@@H]1CC#N. The molecule has 1 aliphatic carbocycles. The third-order valence-corrected chi connectivity index (χ3v) is 6.13. The van der Waals surface area contributed by atoms with Gasteiger partial charge in [-0.05, 0) is 43.6 Å². The number of methoxy groups -OCH3 is 1. The first-order valence-electron chi connectivity index (χ1n) is 8.33. The molecule has 0 bridgehead atoms. The van der Waals surface area contributed by atoms with Crippen molar-refractivity contribution in [2.75, 3.05) is 7.11 Å². The van der Waals surface area contributed by atoms with Crippen molar-refractivity contribution in [3.8, 4) is 6.07 Å². The molecule has 1 saturated carbocycles. The fourth-order valence-corrected chi connectivity index (χ4v) is 4.97. The maximum atomic E-state index is 9.04. The summed E-state index contributed by atoms with van der Waals surface area (Å²) in [4.78, 5) is 9.25. The molecule has 124 valence electrons. The summed E-state index contributed by atoms with van der Waals surface area (Å²) in [7, 11) is 1.76. The first kappa shape index (κ1) is 15.6. The van der Waals surface area contributed by atoms with E-state index < -0.39 is 0 Å². The lowest BCUT2D eigenvalue weighted by atomic mass is 9.81. The molecule has 1 fully saturated rings. The molecular formula is C18H20N4OS. The maximum absolute atomic E-state index is 9.04. The molecule has 3 aromatic heterocycles. The number of hydrogen-bond acceptors (Lipinski definition) is 5. The largest absolute Gasteiger partial charge is 0.381 e. The van der Waals surface area contributed by atoms with Crippen molar-refractivity contribution in [2.45, 2.75) is 44.8 Å². The van der Waals surface area contributed by atoms with Crippen molar-refractivity contribution in [1.82, 2.24) is 14.5 Å². The predicted octanol–water partition coefficient (Wildman–Crippen LogP) is 4.22. The van der Waals surface area contributed by atoms with Crippen LogP contribution in [0.15, 0.2) is 17.6 Å². The van der Waals surface area contributed by atoms with Gasteiger partial charge in [0.1, 0.15) is 11.3 Å². The third kappa shape index (κ3) is 2.40. The standard InChI is InChI=1S/C18H20N4OS/c1-11-21-15-10-20-14-6-8-24-18(14)17(15)22(11)13-4-3-12(5-7-19)16(9-13)23-2/h6,8,10,12-13,16H,3-5,9H2,1-2H3/t12-,13+,16-/m1/s1. The van der Waals surface area contributed by atoms with Crippen LogP contribution in [0.2, 0.25) is 0 Å². The van der Waals surface area contributed by atoms with Crippen LogP contribution in [-0.4, -0.2) is 27.7 Å². The minimum Gasteiger partial charge on any atom is -0.381 e. The Bertz CT molecular complexity index is 922. The molecule has 3 heterocycles. The van der Waals surface area contributed by atoms with Gasteiger partial charge in [-0.2, -0.15) is 5.26 Å². The van der Waals surface area contributed by atoms with Gasteiger partial charge in [0, 0.05) is 19.6 Å². The van der Waals surface area contributed by atoms with E-state index in [0.717, 1.165) is 36.1 Å². The van der Waals surface area contributed by atoms with E-state index in [1.807, 2.05) is 6.20 Å². The molecule has 0 spiro atoms. The summed E-state index contributed by atoms with van der Waals surface area (Å²) in [6, 6.07) is 4.73. The van der Waals surface area contributed by atoms with Gasteiger partial charge in [0.25, 0.3) is 0 Å². The molecule has 3 atom stereocenters. The van der Waals surface area contributed by atoms with E-state index >= 15 is 0 Å². The number of thiophene rings is 1. The number of aromatic nitrogens is 3. The lowest BCUT2D eigenvalue weighted by Gasteiger charge is -2.35. The number of imidazole rings is 1. The van der Waals surface area contributed by atoms with E-state index in [2.05, 4.69) is 34.0 Å². The fourth-order valence-electron chi connectivity index (χ4n) is 4.09. The summed E-state index contributed by atoms with van der Waals surface area (Å²) < 4.78 is 9.30. The van der Waals surface area contributed by atoms with E-state index in [1.54, 1.807) is 18.4 Å². The Morgan fingerprint density at radius 1 is 1.42 bits per heavy atom. The van der Waals surface area contributed by atoms with Crippen molar-refractivity contribution < 1.29 is 4.74 Å². The van der Waals surface area contributed by atoms with Gasteiger partial charge >= 0.3 is 0 Å². The van der Waals surface area contributed by atoms with Crippen molar-refractivity contribution in [2.24, 2.45) is 5.92 Å². The van der Waals surface area contributed by atoms with Crippen molar-refractivity contribution in [3.05, 3.63) is 23.5 Å². The Labute approximate surface area is 144 Å². The predicted molar refractivity (Wildman–Crippen MR) is 95.1 cm³/mol. The summed E-state index contributed by atoms with van der Waals surface area (Å²) >= 11 is 1.73. The molecular weight excluding hydrogens is 320 g/mol. The van der Waals surface area contributed by atoms with Gasteiger partial charge in [-0.3, -0.25) is 4.98 Å². The topological polar surface area (TPSA) is 63.7 Å². The molecule has 3 aromatic rings. The number of aryl methyl sites for hydroxylation is 1. The first-order chi connectivity index (χ1) is 11.7. The molecule has 0 N–H and O–H groups in total. The summed E-state index contributed by atoms with van der Waals surface area (Å²) in [5.74, 6) is 1.38. The highest BCUT2D eigenvalue weighted by atomic mass is 32.1. The second-order valence-electron chi connectivity index (χ2n) is 6.52. The zero-order valence-electron chi connectivity index (χ0n) is 13.9. The highest BCUT2D eigenvalue weighted by molar-refractivity contribution is 7.18. The summed E-state index contributed by atoms with van der Waals surface area (Å²) in [5.41, 5.74) is 3.21. The van der Waals surface area contributed by atoms with Gasteiger partial charge in [-0.25, -0.2) is 4.98 Å². The van der Waals surface area contributed by atoms with E-state index in [1.165, 1.54) is 10.2 Å². The van der Waals surface area contributed by atoms with Crippen LogP contribution in [-0.2, 0) is 4.74 Å². The van der Waals surface area contributed by atoms with E-state index in [9.17, 15) is 0 Å². The van der Waals surface area contributed by atoms with Gasteiger partial charge in [-0.1, -0.05) is 0 Å². The summed E-state index contributed by atoms with van der Waals surface area (Å²) in [6.07, 6.45) is 5.62. The number of fused-ring (bicyclic) bond motifs is 3. The Hall–Kier alpha value is -1.97. The van der Waals surface area contributed by atoms with Crippen LogP contribution in [0.1, 0.15) is 37.5 Å². The average molecular weight is 340 g/mol. The van der Waals surface area contributed by atoms with Crippen LogP contribution in [0.4, 0.5) is 0 Å².